The molecule has 1 fully saturated rings. The Kier molecular flexibility index (Phi) is 3.38. The lowest BCUT2D eigenvalue weighted by Crippen LogP contribution is -2.23. The Bertz CT molecular complexity index is 576. The quantitative estimate of drug-likeness (QED) is 0.841. The van der Waals surface area contributed by atoms with Crippen LogP contribution in [0.2, 0.25) is 0 Å². The largest absolute Gasteiger partial charge is 0.494 e. The van der Waals surface area contributed by atoms with Crippen LogP contribution in [0.3, 0.4) is 0 Å². The van der Waals surface area contributed by atoms with Crippen molar-refractivity contribution in [2.45, 2.75) is 25.8 Å². The van der Waals surface area contributed by atoms with E-state index < -0.39 is 0 Å². The van der Waals surface area contributed by atoms with E-state index in [1.165, 1.54) is 31.5 Å². The molecule has 0 radical (unpaired) electrons. The van der Waals surface area contributed by atoms with Crippen LogP contribution in [0.4, 0.5) is 0 Å². The van der Waals surface area contributed by atoms with Gasteiger partial charge in [-0.2, -0.15) is 0 Å². The summed E-state index contributed by atoms with van der Waals surface area (Å²) in [5.41, 5.74) is 2.27. The standard InChI is InChI=1S/C16H20N2O/c1-12(18-8-3-4-9-18)14-10-13-6-5-7-17-16(13)15(11-14)19-2/h5-7,10-12H,3-4,8-9H2,1-2H3. The van der Waals surface area contributed by atoms with Crippen molar-refractivity contribution in [2.24, 2.45) is 0 Å². The lowest BCUT2D eigenvalue weighted by atomic mass is 10.0. The lowest BCUT2D eigenvalue weighted by molar-refractivity contribution is 0.263. The van der Waals surface area contributed by atoms with E-state index in [4.69, 9.17) is 4.74 Å². The summed E-state index contributed by atoms with van der Waals surface area (Å²) in [5.74, 6) is 0.874. The first-order valence-corrected chi connectivity index (χ1v) is 6.96. The van der Waals surface area contributed by atoms with Crippen LogP contribution in [0.15, 0.2) is 30.5 Å². The van der Waals surface area contributed by atoms with Crippen molar-refractivity contribution in [2.75, 3.05) is 20.2 Å². The molecule has 2 heterocycles. The molecule has 0 amide bonds. The van der Waals surface area contributed by atoms with Gasteiger partial charge in [0, 0.05) is 17.6 Å². The third kappa shape index (κ3) is 2.30. The van der Waals surface area contributed by atoms with Gasteiger partial charge in [0.2, 0.25) is 0 Å². The maximum Gasteiger partial charge on any atom is 0.145 e. The summed E-state index contributed by atoms with van der Waals surface area (Å²) in [4.78, 5) is 6.95. The lowest BCUT2D eigenvalue weighted by Gasteiger charge is -2.24. The smallest absolute Gasteiger partial charge is 0.145 e. The number of methoxy groups -OCH3 is 1. The number of nitrogens with zero attached hydrogens (tertiary/aromatic N) is 2. The fraction of sp³-hybridized carbons (Fsp3) is 0.438. The van der Waals surface area contributed by atoms with Gasteiger partial charge in [0.25, 0.3) is 0 Å². The van der Waals surface area contributed by atoms with Crippen molar-refractivity contribution < 1.29 is 4.74 Å². The SMILES string of the molecule is COc1cc(C(C)N2CCCC2)cc2cccnc12. The number of ether oxygens (including phenoxy) is 1. The van der Waals surface area contributed by atoms with Crippen LogP contribution in [0.1, 0.15) is 31.4 Å². The van der Waals surface area contributed by atoms with E-state index in [1.807, 2.05) is 12.3 Å². The number of hydrogen-bond donors (Lipinski definition) is 0. The van der Waals surface area contributed by atoms with Crippen LogP contribution in [0.5, 0.6) is 5.75 Å². The number of benzene rings is 1. The van der Waals surface area contributed by atoms with Gasteiger partial charge < -0.3 is 4.74 Å². The van der Waals surface area contributed by atoms with Crippen molar-refractivity contribution in [1.29, 1.82) is 0 Å². The number of fused-ring (bicyclic) bond motifs is 1. The zero-order chi connectivity index (χ0) is 13.2. The Morgan fingerprint density at radius 1 is 1.26 bits per heavy atom. The summed E-state index contributed by atoms with van der Waals surface area (Å²) in [6, 6.07) is 8.91. The molecule has 1 aliphatic heterocycles. The van der Waals surface area contributed by atoms with Crippen LogP contribution in [0.25, 0.3) is 10.9 Å². The van der Waals surface area contributed by atoms with Gasteiger partial charge in [0.15, 0.2) is 0 Å². The molecule has 1 aliphatic rings. The third-order valence-electron chi connectivity index (χ3n) is 4.08. The minimum absolute atomic E-state index is 0.445. The van der Waals surface area contributed by atoms with E-state index in [9.17, 15) is 0 Å². The highest BCUT2D eigenvalue weighted by Gasteiger charge is 2.20. The second-order valence-electron chi connectivity index (χ2n) is 5.22. The van der Waals surface area contributed by atoms with Crippen LogP contribution in [-0.4, -0.2) is 30.1 Å². The average molecular weight is 256 g/mol. The molecule has 0 spiro atoms. The third-order valence-corrected chi connectivity index (χ3v) is 4.08. The Morgan fingerprint density at radius 2 is 2.05 bits per heavy atom. The molecule has 0 N–H and O–H groups in total. The number of rotatable bonds is 3. The summed E-state index contributed by atoms with van der Waals surface area (Å²) in [6.45, 7) is 4.69. The van der Waals surface area contributed by atoms with Crippen LogP contribution >= 0.6 is 0 Å². The maximum atomic E-state index is 5.50. The molecule has 0 aliphatic carbocycles. The minimum Gasteiger partial charge on any atom is -0.494 e. The molecular formula is C16H20N2O. The van der Waals surface area contributed by atoms with Crippen molar-refractivity contribution in [1.82, 2.24) is 9.88 Å². The first-order valence-electron chi connectivity index (χ1n) is 6.96. The van der Waals surface area contributed by atoms with Crippen LogP contribution < -0.4 is 4.74 Å². The molecule has 1 saturated heterocycles. The summed E-state index contributed by atoms with van der Waals surface area (Å²) in [6.07, 6.45) is 4.45. The molecule has 2 aromatic rings. The summed E-state index contributed by atoms with van der Waals surface area (Å²) >= 11 is 0. The van der Waals surface area contributed by atoms with Gasteiger partial charge in [-0.25, -0.2) is 0 Å². The predicted octanol–water partition coefficient (Wildman–Crippen LogP) is 3.40. The van der Waals surface area contributed by atoms with Gasteiger partial charge in [-0.05, 0) is 56.6 Å². The Labute approximate surface area is 114 Å². The van der Waals surface area contributed by atoms with Crippen molar-refractivity contribution in [3.8, 4) is 5.75 Å². The maximum absolute atomic E-state index is 5.50. The molecule has 0 saturated carbocycles. The van der Waals surface area contributed by atoms with Crippen molar-refractivity contribution in [3.63, 3.8) is 0 Å². The Hall–Kier alpha value is -1.61. The number of likely N-dealkylation sites (tertiary alicyclic amines) is 1. The second-order valence-corrected chi connectivity index (χ2v) is 5.22. The minimum atomic E-state index is 0.445. The Morgan fingerprint density at radius 3 is 2.79 bits per heavy atom. The molecule has 3 heteroatoms. The monoisotopic (exact) mass is 256 g/mol. The molecule has 1 atom stereocenters. The van der Waals surface area contributed by atoms with E-state index in [0.717, 1.165) is 16.7 Å². The van der Waals surface area contributed by atoms with Gasteiger partial charge in [-0.15, -0.1) is 0 Å². The van der Waals surface area contributed by atoms with E-state index in [0.29, 0.717) is 6.04 Å². The van der Waals surface area contributed by atoms with Crippen molar-refractivity contribution in [3.05, 3.63) is 36.0 Å². The summed E-state index contributed by atoms with van der Waals surface area (Å²) in [7, 11) is 1.72. The van der Waals surface area contributed by atoms with E-state index in [2.05, 4.69) is 35.0 Å². The molecule has 0 bridgehead atoms. The molecule has 3 nitrogen and oxygen atoms in total. The van der Waals surface area contributed by atoms with Gasteiger partial charge in [0.05, 0.1) is 7.11 Å². The van der Waals surface area contributed by atoms with E-state index >= 15 is 0 Å². The molecule has 3 rings (SSSR count). The van der Waals surface area contributed by atoms with E-state index in [1.54, 1.807) is 7.11 Å². The van der Waals surface area contributed by atoms with Crippen molar-refractivity contribution >= 4 is 10.9 Å². The fourth-order valence-corrected chi connectivity index (χ4v) is 2.92. The van der Waals surface area contributed by atoms with Gasteiger partial charge in [-0.3, -0.25) is 9.88 Å². The highest BCUT2D eigenvalue weighted by molar-refractivity contribution is 5.85. The van der Waals surface area contributed by atoms with Crippen LogP contribution in [0, 0.1) is 0 Å². The molecule has 1 aromatic carbocycles. The second kappa shape index (κ2) is 5.17. The number of aromatic nitrogens is 1. The topological polar surface area (TPSA) is 25.4 Å². The molecule has 100 valence electrons. The Balaban J connectivity index is 2.03. The normalized spacial score (nSPS) is 17.8. The zero-order valence-corrected chi connectivity index (χ0v) is 11.6. The average Bonchev–Trinajstić information content (AvgIpc) is 2.99. The molecular weight excluding hydrogens is 236 g/mol. The summed E-state index contributed by atoms with van der Waals surface area (Å²) < 4.78 is 5.50. The first-order chi connectivity index (χ1) is 9.29. The number of hydrogen-bond acceptors (Lipinski definition) is 3. The number of pyridine rings is 1. The predicted molar refractivity (Wildman–Crippen MR) is 77.5 cm³/mol. The summed E-state index contributed by atoms with van der Waals surface area (Å²) in [5, 5.41) is 1.16. The van der Waals surface area contributed by atoms with Gasteiger partial charge in [-0.1, -0.05) is 6.07 Å². The first kappa shape index (κ1) is 12.4. The molecule has 19 heavy (non-hydrogen) atoms. The highest BCUT2D eigenvalue weighted by Crippen LogP contribution is 2.31. The van der Waals surface area contributed by atoms with Gasteiger partial charge in [0.1, 0.15) is 11.3 Å². The van der Waals surface area contributed by atoms with Gasteiger partial charge >= 0.3 is 0 Å². The molecule has 1 aromatic heterocycles. The molecule has 1 unspecified atom stereocenters. The fourth-order valence-electron chi connectivity index (χ4n) is 2.92. The highest BCUT2D eigenvalue weighted by atomic mass is 16.5. The zero-order valence-electron chi connectivity index (χ0n) is 11.6. The van der Waals surface area contributed by atoms with Crippen LogP contribution in [-0.2, 0) is 0 Å². The van der Waals surface area contributed by atoms with E-state index in [-0.39, 0.29) is 0 Å².